The van der Waals surface area contributed by atoms with E-state index in [1.54, 1.807) is 19.2 Å². The summed E-state index contributed by atoms with van der Waals surface area (Å²) in [6.07, 6.45) is 0.553. The molecule has 2 N–H and O–H groups in total. The standard InChI is InChI=1S/C14H19NO4/c1-18-8-11-3-2-4-12(7-11)13(16)15-9-14(17)5-6-19-10-14/h2-4,7,17H,5-6,8-10H2,1H3,(H,15,16). The predicted octanol–water partition coefficient (Wildman–Crippen LogP) is 0.714. The lowest BCUT2D eigenvalue weighted by Crippen LogP contribution is -2.43. The summed E-state index contributed by atoms with van der Waals surface area (Å²) in [7, 11) is 1.61. The molecule has 1 fully saturated rings. The number of hydrogen-bond acceptors (Lipinski definition) is 4. The lowest BCUT2D eigenvalue weighted by Gasteiger charge is -2.20. The van der Waals surface area contributed by atoms with Crippen molar-refractivity contribution in [2.45, 2.75) is 18.6 Å². The Bertz CT molecular complexity index is 441. The molecule has 1 saturated heterocycles. The van der Waals surface area contributed by atoms with Gasteiger partial charge < -0.3 is 19.9 Å². The number of ether oxygens (including phenoxy) is 2. The number of benzene rings is 1. The van der Waals surface area contributed by atoms with Gasteiger partial charge in [0.1, 0.15) is 5.60 Å². The zero-order valence-corrected chi connectivity index (χ0v) is 11.0. The molecule has 1 heterocycles. The number of carbonyl (C=O) groups excluding carboxylic acids is 1. The third-order valence-electron chi connectivity index (χ3n) is 3.16. The number of rotatable bonds is 5. The minimum absolute atomic E-state index is 0.196. The third-order valence-corrected chi connectivity index (χ3v) is 3.16. The minimum Gasteiger partial charge on any atom is -0.386 e. The SMILES string of the molecule is COCc1cccc(C(=O)NCC2(O)CCOC2)c1. The van der Waals surface area contributed by atoms with Crippen molar-refractivity contribution < 1.29 is 19.4 Å². The van der Waals surface area contributed by atoms with Gasteiger partial charge in [0, 0.05) is 32.2 Å². The molecule has 0 radical (unpaired) electrons. The van der Waals surface area contributed by atoms with Gasteiger partial charge in [0.05, 0.1) is 13.2 Å². The van der Waals surface area contributed by atoms with Gasteiger partial charge in [0.25, 0.3) is 5.91 Å². The summed E-state index contributed by atoms with van der Waals surface area (Å²) in [6, 6.07) is 7.24. The Balaban J connectivity index is 1.93. The van der Waals surface area contributed by atoms with E-state index in [1.807, 2.05) is 12.1 Å². The first kappa shape index (κ1) is 14.0. The fourth-order valence-electron chi connectivity index (χ4n) is 2.05. The van der Waals surface area contributed by atoms with Gasteiger partial charge in [-0.25, -0.2) is 0 Å². The maximum atomic E-state index is 12.0. The van der Waals surface area contributed by atoms with Crippen molar-refractivity contribution in [3.05, 3.63) is 35.4 Å². The largest absolute Gasteiger partial charge is 0.386 e. The summed E-state index contributed by atoms with van der Waals surface area (Å²) in [5, 5.41) is 12.8. The van der Waals surface area contributed by atoms with E-state index < -0.39 is 5.60 Å². The van der Waals surface area contributed by atoms with Gasteiger partial charge in [-0.3, -0.25) is 4.79 Å². The first-order valence-electron chi connectivity index (χ1n) is 6.29. The van der Waals surface area contributed by atoms with Crippen LogP contribution in [0.2, 0.25) is 0 Å². The first-order valence-corrected chi connectivity index (χ1v) is 6.29. The summed E-state index contributed by atoms with van der Waals surface area (Å²) in [6.45, 7) is 1.49. The van der Waals surface area contributed by atoms with E-state index in [4.69, 9.17) is 9.47 Å². The number of hydrogen-bond donors (Lipinski definition) is 2. The Morgan fingerprint density at radius 2 is 2.42 bits per heavy atom. The average molecular weight is 265 g/mol. The van der Waals surface area contributed by atoms with Gasteiger partial charge in [0.2, 0.25) is 0 Å². The second-order valence-electron chi connectivity index (χ2n) is 4.84. The molecule has 1 aromatic carbocycles. The molecule has 2 rings (SSSR count). The highest BCUT2D eigenvalue weighted by Gasteiger charge is 2.32. The molecule has 1 aromatic rings. The van der Waals surface area contributed by atoms with Gasteiger partial charge >= 0.3 is 0 Å². The van der Waals surface area contributed by atoms with Crippen LogP contribution in [0, 0.1) is 0 Å². The van der Waals surface area contributed by atoms with E-state index >= 15 is 0 Å². The summed E-state index contributed by atoms with van der Waals surface area (Å²) in [5.74, 6) is -0.196. The van der Waals surface area contributed by atoms with Crippen LogP contribution >= 0.6 is 0 Å². The second kappa shape index (κ2) is 6.14. The summed E-state index contributed by atoms with van der Waals surface area (Å²) >= 11 is 0. The minimum atomic E-state index is -0.931. The molecule has 0 aromatic heterocycles. The van der Waals surface area contributed by atoms with E-state index in [0.29, 0.717) is 25.2 Å². The van der Waals surface area contributed by atoms with Crippen molar-refractivity contribution in [3.63, 3.8) is 0 Å². The van der Waals surface area contributed by atoms with Crippen LogP contribution in [0.1, 0.15) is 22.3 Å². The number of carbonyl (C=O) groups is 1. The van der Waals surface area contributed by atoms with E-state index in [9.17, 15) is 9.90 Å². The van der Waals surface area contributed by atoms with Crippen molar-refractivity contribution in [1.82, 2.24) is 5.32 Å². The van der Waals surface area contributed by atoms with Crippen molar-refractivity contribution in [2.24, 2.45) is 0 Å². The molecule has 1 aliphatic rings. The molecule has 1 atom stereocenters. The van der Waals surface area contributed by atoms with Gasteiger partial charge in [-0.1, -0.05) is 12.1 Å². The molecular formula is C14H19NO4. The Hall–Kier alpha value is -1.43. The predicted molar refractivity (Wildman–Crippen MR) is 69.9 cm³/mol. The van der Waals surface area contributed by atoms with Crippen molar-refractivity contribution in [2.75, 3.05) is 26.9 Å². The van der Waals surface area contributed by atoms with Crippen LogP contribution in [0.5, 0.6) is 0 Å². The molecular weight excluding hydrogens is 246 g/mol. The van der Waals surface area contributed by atoms with Crippen LogP contribution in [-0.4, -0.2) is 43.5 Å². The number of methoxy groups -OCH3 is 1. The van der Waals surface area contributed by atoms with E-state index in [-0.39, 0.29) is 19.1 Å². The fourth-order valence-corrected chi connectivity index (χ4v) is 2.05. The first-order chi connectivity index (χ1) is 9.13. The highest BCUT2D eigenvalue weighted by atomic mass is 16.5. The van der Waals surface area contributed by atoms with Crippen molar-refractivity contribution >= 4 is 5.91 Å². The average Bonchev–Trinajstić information content (AvgIpc) is 2.84. The molecule has 19 heavy (non-hydrogen) atoms. The Morgan fingerprint density at radius 1 is 1.58 bits per heavy atom. The topological polar surface area (TPSA) is 67.8 Å². The van der Waals surface area contributed by atoms with E-state index in [1.165, 1.54) is 0 Å². The molecule has 5 nitrogen and oxygen atoms in total. The molecule has 1 amide bonds. The smallest absolute Gasteiger partial charge is 0.251 e. The quantitative estimate of drug-likeness (QED) is 0.823. The summed E-state index contributed by atoms with van der Waals surface area (Å²) < 4.78 is 10.2. The molecule has 0 bridgehead atoms. The zero-order chi connectivity index (χ0) is 13.7. The van der Waals surface area contributed by atoms with Crippen LogP contribution in [0.4, 0.5) is 0 Å². The lowest BCUT2D eigenvalue weighted by atomic mass is 10.0. The van der Waals surface area contributed by atoms with Crippen molar-refractivity contribution in [3.8, 4) is 0 Å². The Morgan fingerprint density at radius 3 is 3.11 bits per heavy atom. The maximum absolute atomic E-state index is 12.0. The molecule has 1 unspecified atom stereocenters. The second-order valence-corrected chi connectivity index (χ2v) is 4.84. The van der Waals surface area contributed by atoms with Crippen LogP contribution in [0.3, 0.4) is 0 Å². The Labute approximate surface area is 112 Å². The van der Waals surface area contributed by atoms with Crippen LogP contribution < -0.4 is 5.32 Å². The monoisotopic (exact) mass is 265 g/mol. The number of aliphatic hydroxyl groups is 1. The van der Waals surface area contributed by atoms with Gasteiger partial charge in [-0.05, 0) is 17.7 Å². The lowest BCUT2D eigenvalue weighted by molar-refractivity contribution is 0.0264. The molecule has 5 heteroatoms. The fraction of sp³-hybridized carbons (Fsp3) is 0.500. The highest BCUT2D eigenvalue weighted by molar-refractivity contribution is 5.94. The third kappa shape index (κ3) is 3.76. The van der Waals surface area contributed by atoms with Gasteiger partial charge in [-0.15, -0.1) is 0 Å². The molecule has 104 valence electrons. The summed E-state index contributed by atoms with van der Waals surface area (Å²) in [4.78, 5) is 12.0. The zero-order valence-electron chi connectivity index (χ0n) is 11.0. The van der Waals surface area contributed by atoms with E-state index in [2.05, 4.69) is 5.32 Å². The molecule has 0 aliphatic carbocycles. The van der Waals surface area contributed by atoms with Crippen LogP contribution in [-0.2, 0) is 16.1 Å². The molecule has 0 saturated carbocycles. The van der Waals surface area contributed by atoms with Gasteiger partial charge in [-0.2, -0.15) is 0 Å². The number of amides is 1. The maximum Gasteiger partial charge on any atom is 0.251 e. The normalized spacial score (nSPS) is 22.4. The van der Waals surface area contributed by atoms with Crippen LogP contribution in [0.25, 0.3) is 0 Å². The van der Waals surface area contributed by atoms with Gasteiger partial charge in [0.15, 0.2) is 0 Å². The highest BCUT2D eigenvalue weighted by Crippen LogP contribution is 2.17. The molecule has 0 spiro atoms. The van der Waals surface area contributed by atoms with E-state index in [0.717, 1.165) is 5.56 Å². The van der Waals surface area contributed by atoms with Crippen molar-refractivity contribution in [1.29, 1.82) is 0 Å². The summed E-state index contributed by atoms with van der Waals surface area (Å²) in [5.41, 5.74) is 0.579. The number of nitrogens with one attached hydrogen (secondary N) is 1. The van der Waals surface area contributed by atoms with Crippen LogP contribution in [0.15, 0.2) is 24.3 Å². The molecule has 1 aliphatic heterocycles. The Kier molecular flexibility index (Phi) is 4.52.